The number of carbonyl (C=O) groups is 3. The molecule has 0 heterocycles. The van der Waals surface area contributed by atoms with Crippen LogP contribution in [0.2, 0.25) is 0 Å². The van der Waals surface area contributed by atoms with Gasteiger partial charge in [-0.05, 0) is 43.0 Å². The van der Waals surface area contributed by atoms with E-state index in [1.807, 2.05) is 6.07 Å². The summed E-state index contributed by atoms with van der Waals surface area (Å²) in [6, 6.07) is 7.65. The monoisotopic (exact) mass is 373 g/mol. The normalized spacial score (nSPS) is 18.7. The SMILES string of the molecule is C[C@H]1CCCC[C@H]1NC(=O)NC(=O)COC(=O)COc1ccc(C#N)cc1. The van der Waals surface area contributed by atoms with Crippen molar-refractivity contribution in [3.05, 3.63) is 29.8 Å². The smallest absolute Gasteiger partial charge is 0.344 e. The van der Waals surface area contributed by atoms with Gasteiger partial charge in [0.05, 0.1) is 11.6 Å². The van der Waals surface area contributed by atoms with E-state index < -0.39 is 24.5 Å². The van der Waals surface area contributed by atoms with Crippen molar-refractivity contribution < 1.29 is 23.9 Å². The minimum Gasteiger partial charge on any atom is -0.482 e. The largest absolute Gasteiger partial charge is 0.482 e. The molecule has 8 heteroatoms. The van der Waals surface area contributed by atoms with Gasteiger partial charge in [-0.2, -0.15) is 5.26 Å². The van der Waals surface area contributed by atoms with Gasteiger partial charge in [-0.3, -0.25) is 10.1 Å². The van der Waals surface area contributed by atoms with E-state index in [4.69, 9.17) is 14.7 Å². The number of nitriles is 1. The van der Waals surface area contributed by atoms with Gasteiger partial charge < -0.3 is 14.8 Å². The lowest BCUT2D eigenvalue weighted by atomic mass is 9.86. The fourth-order valence-electron chi connectivity index (χ4n) is 2.85. The van der Waals surface area contributed by atoms with E-state index in [1.54, 1.807) is 24.3 Å². The molecule has 0 spiro atoms. The Morgan fingerprint density at radius 3 is 2.52 bits per heavy atom. The summed E-state index contributed by atoms with van der Waals surface area (Å²) in [7, 11) is 0. The summed E-state index contributed by atoms with van der Waals surface area (Å²) < 4.78 is 9.97. The Kier molecular flexibility index (Phi) is 7.62. The van der Waals surface area contributed by atoms with E-state index in [2.05, 4.69) is 17.6 Å². The quantitative estimate of drug-likeness (QED) is 0.735. The summed E-state index contributed by atoms with van der Waals surface area (Å²) in [5.74, 6) is -0.674. The summed E-state index contributed by atoms with van der Waals surface area (Å²) >= 11 is 0. The lowest BCUT2D eigenvalue weighted by Gasteiger charge is -2.29. The molecule has 1 aromatic carbocycles. The number of benzene rings is 1. The summed E-state index contributed by atoms with van der Waals surface area (Å²) in [4.78, 5) is 35.2. The van der Waals surface area contributed by atoms with Gasteiger partial charge in [0.1, 0.15) is 5.75 Å². The first kappa shape index (κ1) is 20.2. The van der Waals surface area contributed by atoms with Crippen molar-refractivity contribution in [3.63, 3.8) is 0 Å². The number of hydrogen-bond acceptors (Lipinski definition) is 6. The highest BCUT2D eigenvalue weighted by molar-refractivity contribution is 5.95. The molecule has 144 valence electrons. The maximum atomic E-state index is 11.8. The van der Waals surface area contributed by atoms with E-state index in [0.29, 0.717) is 17.2 Å². The van der Waals surface area contributed by atoms with Crippen LogP contribution in [0.4, 0.5) is 4.79 Å². The van der Waals surface area contributed by atoms with Crippen LogP contribution in [-0.4, -0.2) is 37.2 Å². The van der Waals surface area contributed by atoms with Crippen LogP contribution in [0.5, 0.6) is 5.75 Å². The Bertz CT molecular complexity index is 711. The Morgan fingerprint density at radius 1 is 1.15 bits per heavy atom. The minimum atomic E-state index is -0.740. The number of rotatable bonds is 6. The molecule has 1 saturated carbocycles. The molecule has 2 atom stereocenters. The molecule has 0 bridgehead atoms. The maximum Gasteiger partial charge on any atom is 0.344 e. The second-order valence-electron chi connectivity index (χ2n) is 6.48. The predicted octanol–water partition coefficient (Wildman–Crippen LogP) is 1.88. The van der Waals surface area contributed by atoms with Crippen LogP contribution < -0.4 is 15.4 Å². The van der Waals surface area contributed by atoms with Gasteiger partial charge in [0.2, 0.25) is 0 Å². The first-order valence-electron chi connectivity index (χ1n) is 8.87. The van der Waals surface area contributed by atoms with Crippen LogP contribution in [0.3, 0.4) is 0 Å². The summed E-state index contributed by atoms with van der Waals surface area (Å²) in [6.07, 6.45) is 4.15. The molecule has 27 heavy (non-hydrogen) atoms. The molecular formula is C19H23N3O5. The van der Waals surface area contributed by atoms with Crippen molar-refractivity contribution in [3.8, 4) is 11.8 Å². The van der Waals surface area contributed by atoms with Crippen molar-refractivity contribution in [2.75, 3.05) is 13.2 Å². The van der Waals surface area contributed by atoms with Gasteiger partial charge in [-0.25, -0.2) is 9.59 Å². The zero-order valence-electron chi connectivity index (χ0n) is 15.2. The molecule has 2 rings (SSSR count). The molecule has 0 aromatic heterocycles. The number of hydrogen-bond donors (Lipinski definition) is 2. The first-order chi connectivity index (χ1) is 13.0. The fourth-order valence-corrected chi connectivity index (χ4v) is 2.85. The van der Waals surface area contributed by atoms with Gasteiger partial charge >= 0.3 is 12.0 Å². The highest BCUT2D eigenvalue weighted by Gasteiger charge is 2.23. The Hall–Kier alpha value is -3.08. The van der Waals surface area contributed by atoms with E-state index >= 15 is 0 Å². The third-order valence-corrected chi connectivity index (χ3v) is 4.39. The second-order valence-corrected chi connectivity index (χ2v) is 6.48. The van der Waals surface area contributed by atoms with Crippen molar-refractivity contribution in [2.24, 2.45) is 5.92 Å². The minimum absolute atomic E-state index is 0.0509. The highest BCUT2D eigenvalue weighted by atomic mass is 16.6. The summed E-state index contributed by atoms with van der Waals surface area (Å²) in [5.41, 5.74) is 0.475. The molecule has 0 aliphatic heterocycles. The molecule has 1 aliphatic carbocycles. The molecule has 8 nitrogen and oxygen atoms in total. The number of nitrogens with one attached hydrogen (secondary N) is 2. The molecular weight excluding hydrogens is 350 g/mol. The van der Waals surface area contributed by atoms with Crippen LogP contribution in [0.1, 0.15) is 38.2 Å². The zero-order chi connectivity index (χ0) is 19.6. The standard InChI is InChI=1S/C19H23N3O5/c1-13-4-2-3-5-16(13)21-19(25)22-17(23)11-27-18(24)12-26-15-8-6-14(10-20)7-9-15/h6-9,13,16H,2-5,11-12H2,1H3,(H2,21,22,23,25)/t13-,16+/m0/s1. The average molecular weight is 373 g/mol. The number of imide groups is 1. The van der Waals surface area contributed by atoms with Crippen LogP contribution in [0.15, 0.2) is 24.3 Å². The van der Waals surface area contributed by atoms with E-state index in [1.165, 1.54) is 0 Å². The van der Waals surface area contributed by atoms with E-state index in [9.17, 15) is 14.4 Å². The molecule has 3 amide bonds. The lowest BCUT2D eigenvalue weighted by Crippen LogP contribution is -2.48. The third-order valence-electron chi connectivity index (χ3n) is 4.39. The van der Waals surface area contributed by atoms with Crippen LogP contribution in [0, 0.1) is 17.2 Å². The number of nitrogens with zero attached hydrogens (tertiary/aromatic N) is 1. The van der Waals surface area contributed by atoms with Gasteiger partial charge in [0.25, 0.3) is 5.91 Å². The third kappa shape index (κ3) is 6.98. The topological polar surface area (TPSA) is 118 Å². The Labute approximate surface area is 157 Å². The van der Waals surface area contributed by atoms with Crippen molar-refractivity contribution in [2.45, 2.75) is 38.6 Å². The van der Waals surface area contributed by atoms with Crippen LogP contribution in [-0.2, 0) is 14.3 Å². The molecule has 2 N–H and O–H groups in total. The molecule has 0 saturated heterocycles. The number of urea groups is 1. The van der Waals surface area contributed by atoms with Crippen molar-refractivity contribution in [1.29, 1.82) is 5.26 Å². The highest BCUT2D eigenvalue weighted by Crippen LogP contribution is 2.23. The number of ether oxygens (including phenoxy) is 2. The lowest BCUT2D eigenvalue weighted by molar-refractivity contribution is -0.150. The van der Waals surface area contributed by atoms with Crippen molar-refractivity contribution in [1.82, 2.24) is 10.6 Å². The predicted molar refractivity (Wildman–Crippen MR) is 95.7 cm³/mol. The molecule has 1 aromatic rings. The van der Waals surface area contributed by atoms with Gasteiger partial charge in [0.15, 0.2) is 13.2 Å². The average Bonchev–Trinajstić information content (AvgIpc) is 2.67. The van der Waals surface area contributed by atoms with E-state index in [0.717, 1.165) is 25.7 Å². The number of carbonyl (C=O) groups excluding carboxylic acids is 3. The van der Waals surface area contributed by atoms with Gasteiger partial charge in [0, 0.05) is 6.04 Å². The fraction of sp³-hybridized carbons (Fsp3) is 0.474. The molecule has 1 fully saturated rings. The van der Waals surface area contributed by atoms with Gasteiger partial charge in [-0.1, -0.05) is 19.8 Å². The zero-order valence-corrected chi connectivity index (χ0v) is 15.2. The van der Waals surface area contributed by atoms with Gasteiger partial charge in [-0.15, -0.1) is 0 Å². The number of amides is 3. The van der Waals surface area contributed by atoms with Crippen molar-refractivity contribution >= 4 is 17.9 Å². The summed E-state index contributed by atoms with van der Waals surface area (Å²) in [5, 5.41) is 13.6. The first-order valence-corrected chi connectivity index (χ1v) is 8.87. The maximum absolute atomic E-state index is 11.8. The Balaban J connectivity index is 1.64. The molecule has 0 unspecified atom stereocenters. The Morgan fingerprint density at radius 2 is 1.85 bits per heavy atom. The van der Waals surface area contributed by atoms with Crippen LogP contribution >= 0.6 is 0 Å². The molecule has 1 aliphatic rings. The number of esters is 1. The van der Waals surface area contributed by atoms with Crippen LogP contribution in [0.25, 0.3) is 0 Å². The summed E-state index contributed by atoms with van der Waals surface area (Å²) in [6.45, 7) is 1.12. The van der Waals surface area contributed by atoms with E-state index in [-0.39, 0.29) is 12.6 Å². The molecule has 0 radical (unpaired) electrons. The second kappa shape index (κ2) is 10.2.